The van der Waals surface area contributed by atoms with Gasteiger partial charge in [-0.1, -0.05) is 6.92 Å². The number of anilines is 2. The van der Waals surface area contributed by atoms with Gasteiger partial charge in [-0.15, -0.1) is 0 Å². The minimum atomic E-state index is -4.35. The first-order valence-corrected chi connectivity index (χ1v) is 6.79. The Labute approximate surface area is 116 Å². The van der Waals surface area contributed by atoms with Crippen molar-refractivity contribution in [2.75, 3.05) is 42.9 Å². The molecule has 1 aromatic heterocycles. The van der Waals surface area contributed by atoms with Gasteiger partial charge in [0, 0.05) is 32.7 Å². The molecule has 0 amide bonds. The van der Waals surface area contributed by atoms with Gasteiger partial charge < -0.3 is 15.5 Å². The third-order valence-corrected chi connectivity index (χ3v) is 3.14. The van der Waals surface area contributed by atoms with Crippen LogP contribution in [0.4, 0.5) is 24.8 Å². The highest BCUT2D eigenvalue weighted by Crippen LogP contribution is 2.33. The van der Waals surface area contributed by atoms with Crippen molar-refractivity contribution in [2.24, 2.45) is 0 Å². The number of alkyl halides is 3. The summed E-state index contributed by atoms with van der Waals surface area (Å²) in [6.07, 6.45) is -3.52. The van der Waals surface area contributed by atoms with E-state index in [9.17, 15) is 13.2 Å². The quantitative estimate of drug-likeness (QED) is 0.892. The van der Waals surface area contributed by atoms with Gasteiger partial charge in [-0.3, -0.25) is 0 Å². The zero-order valence-electron chi connectivity index (χ0n) is 11.4. The van der Waals surface area contributed by atoms with Crippen LogP contribution < -0.4 is 15.5 Å². The van der Waals surface area contributed by atoms with Crippen molar-refractivity contribution in [3.05, 3.63) is 17.7 Å². The summed E-state index contributed by atoms with van der Waals surface area (Å²) >= 11 is 0. The molecule has 1 aromatic rings. The van der Waals surface area contributed by atoms with Gasteiger partial charge in [-0.05, 0) is 18.6 Å². The number of nitrogens with one attached hydrogen (secondary N) is 2. The Hall–Kier alpha value is -1.50. The Morgan fingerprint density at radius 1 is 1.30 bits per heavy atom. The fourth-order valence-corrected chi connectivity index (χ4v) is 2.08. The molecule has 1 saturated heterocycles. The lowest BCUT2D eigenvalue weighted by Crippen LogP contribution is -2.44. The molecule has 4 nitrogen and oxygen atoms in total. The van der Waals surface area contributed by atoms with Crippen LogP contribution in [0.1, 0.15) is 18.9 Å². The first-order chi connectivity index (χ1) is 9.50. The zero-order valence-corrected chi connectivity index (χ0v) is 11.4. The lowest BCUT2D eigenvalue weighted by Gasteiger charge is -2.29. The molecule has 0 atom stereocenters. The third kappa shape index (κ3) is 3.75. The maximum Gasteiger partial charge on any atom is 0.416 e. The van der Waals surface area contributed by atoms with Gasteiger partial charge in [0.15, 0.2) is 0 Å². The predicted octanol–water partition coefficient (Wildman–Crippen LogP) is 2.33. The summed E-state index contributed by atoms with van der Waals surface area (Å²) in [7, 11) is 0. The van der Waals surface area contributed by atoms with E-state index in [4.69, 9.17) is 0 Å². The van der Waals surface area contributed by atoms with Crippen molar-refractivity contribution >= 4 is 11.6 Å². The molecule has 2 heterocycles. The summed E-state index contributed by atoms with van der Waals surface area (Å²) in [4.78, 5) is 6.17. The summed E-state index contributed by atoms with van der Waals surface area (Å²) in [5, 5.41) is 6.10. The van der Waals surface area contributed by atoms with E-state index in [2.05, 4.69) is 15.6 Å². The summed E-state index contributed by atoms with van der Waals surface area (Å²) in [5.74, 6) is 0.676. The van der Waals surface area contributed by atoms with Crippen LogP contribution in [0.5, 0.6) is 0 Å². The molecule has 1 fully saturated rings. The van der Waals surface area contributed by atoms with Crippen LogP contribution in [0.2, 0.25) is 0 Å². The first kappa shape index (κ1) is 14.9. The van der Waals surface area contributed by atoms with E-state index < -0.39 is 11.7 Å². The molecule has 0 bridgehead atoms. The largest absolute Gasteiger partial charge is 0.416 e. The van der Waals surface area contributed by atoms with Gasteiger partial charge in [-0.25, -0.2) is 4.98 Å². The lowest BCUT2D eigenvalue weighted by atomic mass is 10.2. The van der Waals surface area contributed by atoms with Gasteiger partial charge in [0.05, 0.1) is 5.56 Å². The number of halogens is 3. The third-order valence-electron chi connectivity index (χ3n) is 3.14. The van der Waals surface area contributed by atoms with Crippen LogP contribution in [-0.2, 0) is 6.18 Å². The normalized spacial score (nSPS) is 16.3. The number of aromatic nitrogens is 1. The fraction of sp³-hybridized carbons (Fsp3) is 0.615. The number of pyridine rings is 1. The molecular weight excluding hydrogens is 269 g/mol. The van der Waals surface area contributed by atoms with Crippen molar-refractivity contribution < 1.29 is 13.2 Å². The van der Waals surface area contributed by atoms with Crippen LogP contribution in [0, 0.1) is 0 Å². The molecule has 1 aliphatic rings. The monoisotopic (exact) mass is 288 g/mol. The van der Waals surface area contributed by atoms with Gasteiger partial charge in [0.1, 0.15) is 11.6 Å². The molecule has 0 saturated carbocycles. The minimum Gasteiger partial charge on any atom is -0.370 e. The number of piperazine rings is 1. The molecular formula is C13H19F3N4. The molecule has 112 valence electrons. The topological polar surface area (TPSA) is 40.2 Å². The van der Waals surface area contributed by atoms with E-state index in [0.29, 0.717) is 25.5 Å². The smallest absolute Gasteiger partial charge is 0.370 e. The molecule has 0 unspecified atom stereocenters. The Morgan fingerprint density at radius 3 is 2.60 bits per heavy atom. The van der Waals surface area contributed by atoms with Gasteiger partial charge in [-0.2, -0.15) is 13.2 Å². The van der Waals surface area contributed by atoms with E-state index in [1.165, 1.54) is 0 Å². The second-order valence-electron chi connectivity index (χ2n) is 4.76. The zero-order chi connectivity index (χ0) is 14.6. The van der Waals surface area contributed by atoms with Crippen molar-refractivity contribution in [1.82, 2.24) is 10.3 Å². The van der Waals surface area contributed by atoms with Crippen molar-refractivity contribution in [3.8, 4) is 0 Å². The molecule has 0 aromatic carbocycles. The lowest BCUT2D eigenvalue weighted by molar-refractivity contribution is -0.137. The van der Waals surface area contributed by atoms with Crippen LogP contribution in [0.15, 0.2) is 12.1 Å². The van der Waals surface area contributed by atoms with E-state index in [1.807, 2.05) is 11.8 Å². The highest BCUT2D eigenvalue weighted by atomic mass is 19.4. The molecule has 0 radical (unpaired) electrons. The summed E-state index contributed by atoms with van der Waals surface area (Å²) in [6, 6.07) is 2.20. The van der Waals surface area contributed by atoms with Crippen LogP contribution in [0.25, 0.3) is 0 Å². The van der Waals surface area contributed by atoms with Crippen molar-refractivity contribution in [2.45, 2.75) is 19.5 Å². The maximum absolute atomic E-state index is 13.0. The Kier molecular flexibility index (Phi) is 4.69. The fourth-order valence-electron chi connectivity index (χ4n) is 2.08. The second-order valence-corrected chi connectivity index (χ2v) is 4.76. The number of hydrogen-bond acceptors (Lipinski definition) is 4. The average Bonchev–Trinajstić information content (AvgIpc) is 2.45. The Morgan fingerprint density at radius 2 is 2.00 bits per heavy atom. The van der Waals surface area contributed by atoms with E-state index >= 15 is 0 Å². The summed E-state index contributed by atoms with van der Waals surface area (Å²) in [6.45, 7) is 5.42. The van der Waals surface area contributed by atoms with Crippen LogP contribution >= 0.6 is 0 Å². The Balaban J connectivity index is 2.29. The second kappa shape index (κ2) is 6.30. The number of hydrogen-bond donors (Lipinski definition) is 2. The van der Waals surface area contributed by atoms with Crippen molar-refractivity contribution in [1.29, 1.82) is 0 Å². The van der Waals surface area contributed by atoms with E-state index in [0.717, 1.165) is 31.6 Å². The van der Waals surface area contributed by atoms with E-state index in [-0.39, 0.29) is 5.82 Å². The molecule has 2 N–H and O–H groups in total. The molecule has 2 rings (SSSR count). The summed E-state index contributed by atoms with van der Waals surface area (Å²) < 4.78 is 38.9. The molecule has 0 spiro atoms. The van der Waals surface area contributed by atoms with Crippen LogP contribution in [-0.4, -0.2) is 37.7 Å². The highest BCUT2D eigenvalue weighted by Gasteiger charge is 2.32. The minimum absolute atomic E-state index is 0.287. The molecule has 7 heteroatoms. The van der Waals surface area contributed by atoms with Gasteiger partial charge in [0.25, 0.3) is 0 Å². The van der Waals surface area contributed by atoms with Gasteiger partial charge >= 0.3 is 6.18 Å². The Bertz CT molecular complexity index is 442. The maximum atomic E-state index is 13.0. The number of nitrogens with zero attached hydrogens (tertiary/aromatic N) is 2. The molecule has 0 aliphatic carbocycles. The van der Waals surface area contributed by atoms with Gasteiger partial charge in [0.2, 0.25) is 0 Å². The SMILES string of the molecule is CCCNc1cc(C(F)(F)F)cc(N2CCNCC2)n1. The van der Waals surface area contributed by atoms with Crippen molar-refractivity contribution in [3.63, 3.8) is 0 Å². The number of rotatable bonds is 4. The van der Waals surface area contributed by atoms with E-state index in [1.54, 1.807) is 0 Å². The summed E-state index contributed by atoms with van der Waals surface area (Å²) in [5.41, 5.74) is -0.653. The molecule has 1 aliphatic heterocycles. The highest BCUT2D eigenvalue weighted by molar-refractivity contribution is 5.51. The first-order valence-electron chi connectivity index (χ1n) is 6.79. The standard InChI is InChI=1S/C13H19F3N4/c1-2-3-18-11-8-10(13(14,15)16)9-12(19-11)20-6-4-17-5-7-20/h8-9,17H,2-7H2,1H3,(H,18,19). The average molecular weight is 288 g/mol. The van der Waals surface area contributed by atoms with Crippen LogP contribution in [0.3, 0.4) is 0 Å². The molecule has 20 heavy (non-hydrogen) atoms. The predicted molar refractivity (Wildman–Crippen MR) is 73.1 cm³/mol.